The Labute approximate surface area is 222 Å². The Bertz CT molecular complexity index is 1410. The normalized spacial score (nSPS) is 17.2. The van der Waals surface area contributed by atoms with Crippen LogP contribution in [0.1, 0.15) is 54.4 Å². The van der Waals surface area contributed by atoms with Crippen molar-refractivity contribution >= 4 is 22.6 Å². The number of hydrogen-bond donors (Lipinski definition) is 0. The van der Waals surface area contributed by atoms with Crippen LogP contribution >= 0.6 is 0 Å². The summed E-state index contributed by atoms with van der Waals surface area (Å²) in [7, 11) is 0. The van der Waals surface area contributed by atoms with Crippen molar-refractivity contribution in [1.29, 1.82) is 10.5 Å². The fraction of sp³-hybridized carbons (Fsp3) is 0.355. The second kappa shape index (κ2) is 10.6. The summed E-state index contributed by atoms with van der Waals surface area (Å²) in [6, 6.07) is 25.4. The molecule has 1 fully saturated rings. The highest BCUT2D eigenvalue weighted by Gasteiger charge is 2.61. The molecule has 7 nitrogen and oxygen atoms in total. The highest BCUT2D eigenvalue weighted by Crippen LogP contribution is 2.56. The predicted octanol–water partition coefficient (Wildman–Crippen LogP) is 6.18. The van der Waals surface area contributed by atoms with Crippen molar-refractivity contribution in [3.8, 4) is 17.9 Å². The third-order valence-electron chi connectivity index (χ3n) is 8.09. The topological polar surface area (TPSA) is 103 Å². The molecule has 38 heavy (non-hydrogen) atoms. The van der Waals surface area contributed by atoms with Crippen molar-refractivity contribution in [2.45, 2.75) is 50.7 Å². The molecular weight excluding hydrogens is 478 g/mol. The first-order chi connectivity index (χ1) is 18.5. The van der Waals surface area contributed by atoms with Gasteiger partial charge >= 0.3 is 6.09 Å². The van der Waals surface area contributed by atoms with E-state index in [1.165, 1.54) is 0 Å². The van der Waals surface area contributed by atoms with Crippen molar-refractivity contribution < 1.29 is 19.1 Å². The Hall–Kier alpha value is -4.36. The first-order valence-electron chi connectivity index (χ1n) is 13.0. The van der Waals surface area contributed by atoms with E-state index in [1.54, 1.807) is 4.90 Å². The zero-order valence-electron chi connectivity index (χ0n) is 21.2. The molecular formula is C31H29N3O4. The van der Waals surface area contributed by atoms with Crippen LogP contribution in [0.3, 0.4) is 0 Å². The second-order valence-corrected chi connectivity index (χ2v) is 10.0. The maximum absolute atomic E-state index is 14.5. The van der Waals surface area contributed by atoms with Gasteiger partial charge in [0.05, 0.1) is 23.1 Å². The highest BCUT2D eigenvalue weighted by atomic mass is 16.6. The lowest BCUT2D eigenvalue weighted by Crippen LogP contribution is -2.64. The van der Waals surface area contributed by atoms with Crippen molar-refractivity contribution in [2.75, 3.05) is 13.1 Å². The van der Waals surface area contributed by atoms with E-state index in [0.717, 1.165) is 16.3 Å². The SMILES string of the molecule is N#CCCC1(CCC#N)C(=O)c2c(ccc3ccccc23)OC12CCN(C(=O)OCc1ccccc1)CC2. The molecule has 3 aromatic rings. The summed E-state index contributed by atoms with van der Waals surface area (Å²) in [6.45, 7) is 0.889. The van der Waals surface area contributed by atoms with Gasteiger partial charge in [-0.15, -0.1) is 0 Å². The zero-order chi connectivity index (χ0) is 26.6. The molecule has 0 saturated carbocycles. The quantitative estimate of drug-likeness (QED) is 0.395. The number of carbonyl (C=O) groups is 2. The predicted molar refractivity (Wildman–Crippen MR) is 141 cm³/mol. The fourth-order valence-corrected chi connectivity index (χ4v) is 6.11. The summed E-state index contributed by atoms with van der Waals surface area (Å²) < 4.78 is 12.3. The number of nitriles is 2. The number of rotatable bonds is 6. The molecule has 192 valence electrons. The minimum atomic E-state index is -1.05. The van der Waals surface area contributed by atoms with E-state index in [2.05, 4.69) is 12.1 Å². The van der Waals surface area contributed by atoms with Crippen LogP contribution in [0.25, 0.3) is 10.8 Å². The van der Waals surface area contributed by atoms with E-state index in [1.807, 2.05) is 66.7 Å². The molecule has 1 spiro atoms. The Kier molecular flexibility index (Phi) is 7.03. The number of likely N-dealkylation sites (tertiary alicyclic amines) is 1. The summed E-state index contributed by atoms with van der Waals surface area (Å²) in [5, 5.41) is 20.8. The van der Waals surface area contributed by atoms with Crippen LogP contribution in [0.4, 0.5) is 4.79 Å². The molecule has 0 atom stereocenters. The van der Waals surface area contributed by atoms with Crippen LogP contribution < -0.4 is 4.74 Å². The van der Waals surface area contributed by atoms with Gasteiger partial charge in [-0.3, -0.25) is 4.79 Å². The van der Waals surface area contributed by atoms with Gasteiger partial charge in [-0.25, -0.2) is 4.79 Å². The number of piperidine rings is 1. The molecule has 1 saturated heterocycles. The minimum absolute atomic E-state index is 0.0684. The van der Waals surface area contributed by atoms with Gasteiger partial charge in [-0.2, -0.15) is 10.5 Å². The van der Waals surface area contributed by atoms with E-state index in [9.17, 15) is 20.1 Å². The summed E-state index contributed by atoms with van der Waals surface area (Å²) in [6.07, 6.45) is 1.34. The number of nitrogens with zero attached hydrogens (tertiary/aromatic N) is 3. The smallest absolute Gasteiger partial charge is 0.410 e. The molecule has 0 unspecified atom stereocenters. The minimum Gasteiger partial charge on any atom is -0.485 e. The zero-order valence-corrected chi connectivity index (χ0v) is 21.2. The number of fused-ring (bicyclic) bond motifs is 3. The lowest BCUT2D eigenvalue weighted by molar-refractivity contribution is -0.0944. The Balaban J connectivity index is 1.47. The van der Waals surface area contributed by atoms with Gasteiger partial charge in [0.25, 0.3) is 0 Å². The van der Waals surface area contributed by atoms with Crippen LogP contribution in [0.5, 0.6) is 5.75 Å². The molecule has 0 N–H and O–H groups in total. The third-order valence-corrected chi connectivity index (χ3v) is 8.09. The Morgan fingerprint density at radius 2 is 1.58 bits per heavy atom. The number of ketones is 1. The molecule has 0 aromatic heterocycles. The molecule has 5 rings (SSSR count). The van der Waals surface area contributed by atoms with E-state index >= 15 is 0 Å². The van der Waals surface area contributed by atoms with E-state index in [0.29, 0.717) is 50.1 Å². The first kappa shape index (κ1) is 25.3. The molecule has 7 heteroatoms. The summed E-state index contributed by atoms with van der Waals surface area (Å²) in [5.41, 5.74) is -0.542. The van der Waals surface area contributed by atoms with Gasteiger partial charge < -0.3 is 14.4 Å². The largest absolute Gasteiger partial charge is 0.485 e. The van der Waals surface area contributed by atoms with Crippen molar-refractivity contribution in [3.05, 3.63) is 77.9 Å². The third kappa shape index (κ3) is 4.35. The number of Topliss-reactive ketones (excluding diaryl/α,β-unsaturated/α-hetero) is 1. The van der Waals surface area contributed by atoms with Crippen LogP contribution in [0.15, 0.2) is 66.7 Å². The Morgan fingerprint density at radius 3 is 2.26 bits per heavy atom. The van der Waals surface area contributed by atoms with Gasteiger partial charge in [-0.1, -0.05) is 60.7 Å². The van der Waals surface area contributed by atoms with E-state index in [4.69, 9.17) is 9.47 Å². The lowest BCUT2D eigenvalue weighted by Gasteiger charge is -2.55. The average Bonchev–Trinajstić information content (AvgIpc) is 2.96. The first-order valence-corrected chi connectivity index (χ1v) is 13.0. The Morgan fingerprint density at radius 1 is 0.921 bits per heavy atom. The fourth-order valence-electron chi connectivity index (χ4n) is 6.11. The standard InChI is InChI=1S/C31H29N3O4/c32-18-6-14-30(15-7-19-33)28(35)27-25-11-5-4-10-24(25)12-13-26(27)38-31(30)16-20-34(21-17-31)29(36)37-22-23-8-2-1-3-9-23/h1-5,8-13H,6-7,14-17,20-22H2. The molecule has 2 aliphatic heterocycles. The van der Waals surface area contributed by atoms with Crippen LogP contribution in [-0.4, -0.2) is 35.5 Å². The number of carbonyl (C=O) groups excluding carboxylic acids is 2. The van der Waals surface area contributed by atoms with Crippen molar-refractivity contribution in [2.24, 2.45) is 5.41 Å². The van der Waals surface area contributed by atoms with Gasteiger partial charge in [0.1, 0.15) is 18.0 Å². The van der Waals surface area contributed by atoms with E-state index < -0.39 is 17.1 Å². The number of ether oxygens (including phenoxy) is 2. The molecule has 2 aliphatic rings. The summed E-state index contributed by atoms with van der Waals surface area (Å²) in [5.74, 6) is 0.458. The number of hydrogen-bond acceptors (Lipinski definition) is 6. The lowest BCUT2D eigenvalue weighted by atomic mass is 9.57. The molecule has 0 bridgehead atoms. The van der Waals surface area contributed by atoms with Gasteiger partial charge in [0.2, 0.25) is 0 Å². The van der Waals surface area contributed by atoms with Crippen molar-refractivity contribution in [3.63, 3.8) is 0 Å². The van der Waals surface area contributed by atoms with Gasteiger partial charge in [0.15, 0.2) is 5.78 Å². The highest BCUT2D eigenvalue weighted by molar-refractivity contribution is 6.14. The van der Waals surface area contributed by atoms with Crippen LogP contribution in [0, 0.1) is 28.1 Å². The second-order valence-electron chi connectivity index (χ2n) is 10.0. The van der Waals surface area contributed by atoms with Gasteiger partial charge in [0, 0.05) is 38.8 Å². The van der Waals surface area contributed by atoms with E-state index in [-0.39, 0.29) is 25.2 Å². The molecule has 0 radical (unpaired) electrons. The molecule has 3 aromatic carbocycles. The molecule has 2 heterocycles. The number of amides is 1. The summed E-state index contributed by atoms with van der Waals surface area (Å²) in [4.78, 5) is 29.0. The maximum Gasteiger partial charge on any atom is 0.410 e. The molecule has 1 amide bonds. The van der Waals surface area contributed by atoms with Crippen molar-refractivity contribution in [1.82, 2.24) is 4.90 Å². The van der Waals surface area contributed by atoms with Gasteiger partial charge in [-0.05, 0) is 35.2 Å². The maximum atomic E-state index is 14.5. The van der Waals surface area contributed by atoms with Crippen LogP contribution in [-0.2, 0) is 11.3 Å². The number of benzene rings is 3. The molecule has 0 aliphatic carbocycles. The average molecular weight is 508 g/mol. The summed E-state index contributed by atoms with van der Waals surface area (Å²) >= 11 is 0. The van der Waals surface area contributed by atoms with Crippen LogP contribution in [0.2, 0.25) is 0 Å². The monoisotopic (exact) mass is 507 g/mol.